The molecule has 0 heterocycles. The Balaban J connectivity index is 1.32. The first-order valence-corrected chi connectivity index (χ1v) is 12.6. The fourth-order valence-electron chi connectivity index (χ4n) is 5.83. The van der Waals surface area contributed by atoms with Crippen molar-refractivity contribution in [3.8, 4) is 5.75 Å². The first-order valence-electron chi connectivity index (χ1n) is 12.6. The van der Waals surface area contributed by atoms with E-state index in [1.54, 1.807) is 19.1 Å². The van der Waals surface area contributed by atoms with Gasteiger partial charge in [0.1, 0.15) is 12.5 Å². The number of benzene rings is 2. The molecule has 2 aliphatic rings. The van der Waals surface area contributed by atoms with Crippen molar-refractivity contribution in [2.24, 2.45) is 5.92 Å². The monoisotopic (exact) mass is 474 g/mol. The van der Waals surface area contributed by atoms with E-state index in [0.717, 1.165) is 51.4 Å². The quantitative estimate of drug-likeness (QED) is 0.364. The van der Waals surface area contributed by atoms with Gasteiger partial charge in [0.2, 0.25) is 5.82 Å². The van der Waals surface area contributed by atoms with Gasteiger partial charge in [-0.05, 0) is 111 Å². The Morgan fingerprint density at radius 3 is 1.85 bits per heavy atom. The third-order valence-corrected chi connectivity index (χ3v) is 7.74. The molecule has 2 aromatic rings. The summed E-state index contributed by atoms with van der Waals surface area (Å²) in [6.45, 7) is 1.05. The van der Waals surface area contributed by atoms with Crippen molar-refractivity contribution < 1.29 is 22.3 Å². The van der Waals surface area contributed by atoms with Crippen LogP contribution in [0.1, 0.15) is 92.7 Å². The van der Waals surface area contributed by atoms with Gasteiger partial charge in [-0.25, -0.2) is 13.2 Å². The minimum absolute atomic E-state index is 0.0191. The molecule has 0 N–H and O–H groups in total. The van der Waals surface area contributed by atoms with E-state index in [2.05, 4.69) is 24.3 Å². The van der Waals surface area contributed by atoms with Crippen molar-refractivity contribution in [2.75, 3.05) is 13.3 Å². The molecule has 0 amide bonds. The van der Waals surface area contributed by atoms with Crippen molar-refractivity contribution in [3.63, 3.8) is 0 Å². The zero-order valence-corrected chi connectivity index (χ0v) is 19.8. The van der Waals surface area contributed by atoms with Crippen molar-refractivity contribution in [2.45, 2.75) is 76.0 Å². The van der Waals surface area contributed by atoms with E-state index in [0.29, 0.717) is 24.0 Å². The number of ether oxygens (including phenoxy) is 1. The van der Waals surface area contributed by atoms with Gasteiger partial charge >= 0.3 is 0 Å². The van der Waals surface area contributed by atoms with Crippen LogP contribution in [-0.4, -0.2) is 13.3 Å². The Morgan fingerprint density at radius 1 is 0.794 bits per heavy atom. The fraction of sp³-hybridized carbons (Fsp3) is 0.517. The summed E-state index contributed by atoms with van der Waals surface area (Å²) in [7, 11) is 0. The van der Waals surface area contributed by atoms with Gasteiger partial charge in [-0.1, -0.05) is 30.3 Å². The molecular weight excluding hydrogens is 440 g/mol. The summed E-state index contributed by atoms with van der Waals surface area (Å²) < 4.78 is 59.7. The van der Waals surface area contributed by atoms with Crippen molar-refractivity contribution >= 4 is 0 Å². The molecule has 0 saturated heterocycles. The summed E-state index contributed by atoms with van der Waals surface area (Å²) in [5, 5.41) is 0. The summed E-state index contributed by atoms with van der Waals surface area (Å²) in [6, 6.07) is 12.1. The third-order valence-electron chi connectivity index (χ3n) is 7.74. The molecule has 0 unspecified atom stereocenters. The van der Waals surface area contributed by atoms with Gasteiger partial charge < -0.3 is 4.74 Å². The minimum Gasteiger partial charge on any atom is -0.491 e. The van der Waals surface area contributed by atoms with Crippen LogP contribution in [0.3, 0.4) is 0 Å². The average Bonchev–Trinajstić information content (AvgIpc) is 2.88. The molecule has 2 saturated carbocycles. The van der Waals surface area contributed by atoms with E-state index in [1.807, 2.05) is 0 Å². The standard InChI is InChI=1S/C29H34F4O/c1-2-34-27-16-15-26(28(32)29(27)33)24-13-11-23(12-14-24)22-9-7-21(8-10-22)20-5-3-19(4-6-20)17-25(31)18-30/h7-10,15-17,19-20,23-24H,2-6,11-14,18H2,1H3. The minimum atomic E-state index is -1.00. The molecule has 2 aromatic carbocycles. The van der Waals surface area contributed by atoms with Crippen LogP contribution < -0.4 is 4.74 Å². The molecular formula is C29H34F4O. The summed E-state index contributed by atoms with van der Waals surface area (Å²) in [5.74, 6) is -1.22. The first-order chi connectivity index (χ1) is 16.5. The Morgan fingerprint density at radius 2 is 1.32 bits per heavy atom. The largest absolute Gasteiger partial charge is 0.491 e. The molecule has 1 nitrogen and oxygen atoms in total. The van der Waals surface area contributed by atoms with E-state index in [-0.39, 0.29) is 17.6 Å². The third kappa shape index (κ3) is 5.67. The van der Waals surface area contributed by atoms with Gasteiger partial charge in [0.05, 0.1) is 6.61 Å². The number of hydrogen-bond donors (Lipinski definition) is 0. The molecule has 0 radical (unpaired) electrons. The highest BCUT2D eigenvalue weighted by Gasteiger charge is 2.28. The van der Waals surface area contributed by atoms with Crippen LogP contribution in [0.4, 0.5) is 17.6 Å². The van der Waals surface area contributed by atoms with Crippen molar-refractivity contribution in [1.29, 1.82) is 0 Å². The highest BCUT2D eigenvalue weighted by Crippen LogP contribution is 2.43. The Hall–Kier alpha value is -2.30. The average molecular weight is 475 g/mol. The molecule has 0 aromatic heterocycles. The van der Waals surface area contributed by atoms with E-state index < -0.39 is 24.1 Å². The fourth-order valence-corrected chi connectivity index (χ4v) is 5.83. The number of hydrogen-bond acceptors (Lipinski definition) is 1. The second kappa shape index (κ2) is 11.4. The molecule has 2 aliphatic carbocycles. The van der Waals surface area contributed by atoms with Gasteiger partial charge in [-0.15, -0.1) is 0 Å². The van der Waals surface area contributed by atoms with Crippen LogP contribution in [-0.2, 0) is 0 Å². The number of rotatable bonds is 7. The molecule has 4 rings (SSSR count). The van der Waals surface area contributed by atoms with E-state index in [9.17, 15) is 17.6 Å². The van der Waals surface area contributed by atoms with Gasteiger partial charge in [-0.2, -0.15) is 4.39 Å². The van der Waals surface area contributed by atoms with Gasteiger partial charge in [0, 0.05) is 0 Å². The number of alkyl halides is 1. The van der Waals surface area contributed by atoms with E-state index in [1.165, 1.54) is 17.2 Å². The maximum absolute atomic E-state index is 14.6. The van der Waals surface area contributed by atoms with Crippen molar-refractivity contribution in [3.05, 3.63) is 76.6 Å². The van der Waals surface area contributed by atoms with Crippen LogP contribution >= 0.6 is 0 Å². The maximum atomic E-state index is 14.6. The topological polar surface area (TPSA) is 9.23 Å². The Bertz CT molecular complexity index is 968. The van der Waals surface area contributed by atoms with Crippen LogP contribution in [0.25, 0.3) is 0 Å². The molecule has 34 heavy (non-hydrogen) atoms. The molecule has 2 fully saturated rings. The van der Waals surface area contributed by atoms with Gasteiger partial charge in [0.15, 0.2) is 11.6 Å². The normalized spacial score (nSPS) is 25.9. The molecule has 0 bridgehead atoms. The molecule has 0 atom stereocenters. The molecule has 0 aliphatic heterocycles. The van der Waals surface area contributed by atoms with Crippen molar-refractivity contribution in [1.82, 2.24) is 0 Å². The predicted octanol–water partition coefficient (Wildman–Crippen LogP) is 8.90. The lowest BCUT2D eigenvalue weighted by Crippen LogP contribution is -2.15. The summed E-state index contributed by atoms with van der Waals surface area (Å²) in [4.78, 5) is 0. The zero-order chi connectivity index (χ0) is 24.1. The van der Waals surface area contributed by atoms with Crippen LogP contribution in [0.2, 0.25) is 0 Å². The lowest BCUT2D eigenvalue weighted by molar-refractivity contribution is 0.310. The second-order valence-electron chi connectivity index (χ2n) is 9.79. The number of halogens is 4. The smallest absolute Gasteiger partial charge is 0.200 e. The van der Waals surface area contributed by atoms with E-state index >= 15 is 0 Å². The molecule has 5 heteroatoms. The predicted molar refractivity (Wildman–Crippen MR) is 128 cm³/mol. The summed E-state index contributed by atoms with van der Waals surface area (Å²) in [5.41, 5.74) is 3.09. The van der Waals surface area contributed by atoms with E-state index in [4.69, 9.17) is 4.74 Å². The molecule has 0 spiro atoms. The highest BCUT2D eigenvalue weighted by molar-refractivity contribution is 5.34. The molecule has 184 valence electrons. The summed E-state index contributed by atoms with van der Waals surface area (Å²) in [6.07, 6.45) is 8.83. The lowest BCUT2D eigenvalue weighted by atomic mass is 9.75. The zero-order valence-electron chi connectivity index (χ0n) is 19.8. The van der Waals surface area contributed by atoms with Gasteiger partial charge in [0.25, 0.3) is 0 Å². The second-order valence-corrected chi connectivity index (χ2v) is 9.79. The first kappa shape index (κ1) is 24.8. The maximum Gasteiger partial charge on any atom is 0.200 e. The van der Waals surface area contributed by atoms with Crippen LogP contribution in [0.5, 0.6) is 5.75 Å². The highest BCUT2D eigenvalue weighted by atomic mass is 19.2. The summed E-state index contributed by atoms with van der Waals surface area (Å²) >= 11 is 0. The van der Waals surface area contributed by atoms with Crippen LogP contribution in [0.15, 0.2) is 48.3 Å². The van der Waals surface area contributed by atoms with Gasteiger partial charge in [-0.3, -0.25) is 0 Å². The lowest BCUT2D eigenvalue weighted by Gasteiger charge is -2.30. The van der Waals surface area contributed by atoms with Crippen LogP contribution in [0, 0.1) is 17.6 Å². The SMILES string of the molecule is CCOc1ccc(C2CCC(c3ccc(C4CCC(C=C(F)CF)CC4)cc3)CC2)c(F)c1F. The Labute approximate surface area is 200 Å². The number of allylic oxidation sites excluding steroid dienone is 2. The Kier molecular flexibility index (Phi) is 8.33.